The van der Waals surface area contributed by atoms with E-state index in [1.165, 1.54) is 29.3 Å². The van der Waals surface area contributed by atoms with Crippen molar-refractivity contribution in [1.29, 1.82) is 0 Å². The van der Waals surface area contributed by atoms with E-state index < -0.39 is 6.04 Å². The highest BCUT2D eigenvalue weighted by Gasteiger charge is 2.32. The van der Waals surface area contributed by atoms with E-state index in [0.29, 0.717) is 23.7 Å². The molecule has 3 N–H and O–H groups in total. The summed E-state index contributed by atoms with van der Waals surface area (Å²) in [6.07, 6.45) is 0.445. The third-order valence-electron chi connectivity index (χ3n) is 3.90. The second-order valence-electron chi connectivity index (χ2n) is 5.66. The fraction of sp³-hybridized carbons (Fsp3) is 0.167. The van der Waals surface area contributed by atoms with Crippen LogP contribution in [-0.2, 0) is 11.2 Å². The van der Waals surface area contributed by atoms with Crippen LogP contribution in [0.1, 0.15) is 12.5 Å². The quantitative estimate of drug-likeness (QED) is 0.508. The molecule has 0 aromatic heterocycles. The standard InChI is InChI=1S/C18H18FN5O/c1-12(22-20)17-21-16(11-13-5-3-2-4-6-13)18(25)24(23-17)15-9-7-14(19)8-10-15/h2-10,16H,11,20H2,1H3,(H,21,23)/b22-12+. The molecule has 1 heterocycles. The number of nitrogens with one attached hydrogen (secondary N) is 1. The van der Waals surface area contributed by atoms with E-state index in [-0.39, 0.29) is 11.7 Å². The van der Waals surface area contributed by atoms with E-state index in [1.807, 2.05) is 30.3 Å². The van der Waals surface area contributed by atoms with Gasteiger partial charge in [0, 0.05) is 6.42 Å². The molecule has 0 spiro atoms. The second kappa shape index (κ2) is 7.12. The van der Waals surface area contributed by atoms with Crippen molar-refractivity contribution in [2.24, 2.45) is 15.9 Å². The van der Waals surface area contributed by atoms with Crippen LogP contribution in [0.15, 0.2) is 64.7 Å². The molecule has 2 aromatic rings. The first-order valence-electron chi connectivity index (χ1n) is 7.81. The zero-order valence-corrected chi connectivity index (χ0v) is 13.7. The van der Waals surface area contributed by atoms with Crippen LogP contribution in [-0.4, -0.2) is 23.5 Å². The predicted molar refractivity (Wildman–Crippen MR) is 95.7 cm³/mol. The lowest BCUT2D eigenvalue weighted by Crippen LogP contribution is -2.57. The molecule has 1 unspecified atom stereocenters. The number of hydrazone groups is 1. The van der Waals surface area contributed by atoms with Crippen LogP contribution in [0.5, 0.6) is 0 Å². The lowest BCUT2D eigenvalue weighted by atomic mass is 10.0. The SMILES string of the molecule is C/C(=N\N)C1=NC(Cc2ccccc2)C(=O)N(c2ccc(F)cc2)N1. The van der Waals surface area contributed by atoms with Crippen molar-refractivity contribution in [2.75, 3.05) is 5.01 Å². The Labute approximate surface area is 144 Å². The Hall–Kier alpha value is -3.22. The van der Waals surface area contributed by atoms with E-state index in [2.05, 4.69) is 15.5 Å². The van der Waals surface area contributed by atoms with Crippen molar-refractivity contribution in [2.45, 2.75) is 19.4 Å². The van der Waals surface area contributed by atoms with Gasteiger partial charge in [0.25, 0.3) is 5.91 Å². The Bertz CT molecular complexity index is 817. The van der Waals surface area contributed by atoms with Gasteiger partial charge >= 0.3 is 0 Å². The number of amidine groups is 1. The van der Waals surface area contributed by atoms with Crippen molar-refractivity contribution in [3.8, 4) is 0 Å². The number of aliphatic imine (C=N–C) groups is 1. The molecule has 3 rings (SSSR count). The third kappa shape index (κ3) is 3.65. The van der Waals surface area contributed by atoms with E-state index in [0.717, 1.165) is 5.56 Å². The summed E-state index contributed by atoms with van der Waals surface area (Å²) in [6.45, 7) is 1.70. The van der Waals surface area contributed by atoms with Crippen LogP contribution < -0.4 is 16.3 Å². The highest BCUT2D eigenvalue weighted by molar-refractivity contribution is 6.42. The maximum atomic E-state index is 13.2. The molecule has 0 radical (unpaired) electrons. The topological polar surface area (TPSA) is 83.1 Å². The molecule has 1 aliphatic heterocycles. The van der Waals surface area contributed by atoms with Gasteiger partial charge in [0.1, 0.15) is 17.6 Å². The van der Waals surface area contributed by atoms with Crippen LogP contribution in [0.2, 0.25) is 0 Å². The van der Waals surface area contributed by atoms with Gasteiger partial charge in [-0.3, -0.25) is 15.2 Å². The van der Waals surface area contributed by atoms with Gasteiger partial charge in [-0.1, -0.05) is 30.3 Å². The van der Waals surface area contributed by atoms with Gasteiger partial charge in [-0.15, -0.1) is 0 Å². The number of carbonyl (C=O) groups is 1. The Balaban J connectivity index is 1.95. The molecule has 1 aliphatic rings. The summed E-state index contributed by atoms with van der Waals surface area (Å²) in [5, 5.41) is 5.00. The van der Waals surface area contributed by atoms with Gasteiger partial charge in [0.2, 0.25) is 0 Å². The number of rotatable bonds is 4. The van der Waals surface area contributed by atoms with Crippen LogP contribution in [0.3, 0.4) is 0 Å². The summed E-state index contributed by atoms with van der Waals surface area (Å²) >= 11 is 0. The fourth-order valence-electron chi connectivity index (χ4n) is 2.54. The average Bonchev–Trinajstić information content (AvgIpc) is 2.64. The molecule has 128 valence electrons. The van der Waals surface area contributed by atoms with Crippen molar-refractivity contribution in [1.82, 2.24) is 5.43 Å². The number of hydrogen-bond donors (Lipinski definition) is 2. The maximum absolute atomic E-state index is 13.2. The summed E-state index contributed by atoms with van der Waals surface area (Å²) in [5.74, 6) is 5.16. The van der Waals surface area contributed by atoms with Crippen molar-refractivity contribution in [3.05, 3.63) is 66.0 Å². The minimum Gasteiger partial charge on any atom is -0.323 e. The highest BCUT2D eigenvalue weighted by Crippen LogP contribution is 2.19. The number of nitrogens with zero attached hydrogens (tertiary/aromatic N) is 3. The summed E-state index contributed by atoms with van der Waals surface area (Å²) in [6, 6.07) is 14.6. The number of benzene rings is 2. The van der Waals surface area contributed by atoms with Gasteiger partial charge in [-0.05, 0) is 36.8 Å². The zero-order chi connectivity index (χ0) is 17.8. The molecule has 0 fully saturated rings. The van der Waals surface area contributed by atoms with Gasteiger partial charge in [-0.2, -0.15) is 5.10 Å². The van der Waals surface area contributed by atoms with E-state index >= 15 is 0 Å². The van der Waals surface area contributed by atoms with E-state index in [9.17, 15) is 9.18 Å². The lowest BCUT2D eigenvalue weighted by Gasteiger charge is -2.32. The molecule has 1 atom stereocenters. The molecule has 1 amide bonds. The van der Waals surface area contributed by atoms with Crippen LogP contribution >= 0.6 is 0 Å². The predicted octanol–water partition coefficient (Wildman–Crippen LogP) is 2.02. The molecule has 0 saturated heterocycles. The smallest absolute Gasteiger partial charge is 0.270 e. The van der Waals surface area contributed by atoms with Crippen LogP contribution in [0.25, 0.3) is 0 Å². The van der Waals surface area contributed by atoms with Crippen molar-refractivity contribution >= 4 is 23.1 Å². The first-order chi connectivity index (χ1) is 12.1. The highest BCUT2D eigenvalue weighted by atomic mass is 19.1. The molecular weight excluding hydrogens is 321 g/mol. The first kappa shape index (κ1) is 16.6. The molecule has 7 heteroatoms. The third-order valence-corrected chi connectivity index (χ3v) is 3.90. The van der Waals surface area contributed by atoms with E-state index in [1.54, 1.807) is 6.92 Å². The number of hydrazine groups is 1. The Morgan fingerprint density at radius 3 is 2.56 bits per heavy atom. The average molecular weight is 339 g/mol. The molecule has 25 heavy (non-hydrogen) atoms. The van der Waals surface area contributed by atoms with Gasteiger partial charge in [0.15, 0.2) is 5.84 Å². The monoisotopic (exact) mass is 339 g/mol. The fourth-order valence-corrected chi connectivity index (χ4v) is 2.54. The summed E-state index contributed by atoms with van der Waals surface area (Å²) in [4.78, 5) is 17.3. The molecule has 0 aliphatic carbocycles. The minimum atomic E-state index is -0.625. The number of hydrogen-bond acceptors (Lipinski definition) is 5. The van der Waals surface area contributed by atoms with Crippen molar-refractivity contribution in [3.63, 3.8) is 0 Å². The number of amides is 1. The molecule has 0 saturated carbocycles. The first-order valence-corrected chi connectivity index (χ1v) is 7.81. The minimum absolute atomic E-state index is 0.232. The summed E-state index contributed by atoms with van der Waals surface area (Å²) < 4.78 is 13.2. The van der Waals surface area contributed by atoms with Crippen LogP contribution in [0, 0.1) is 5.82 Å². The zero-order valence-electron chi connectivity index (χ0n) is 13.7. The molecular formula is C18H18FN5O. The second-order valence-corrected chi connectivity index (χ2v) is 5.66. The maximum Gasteiger partial charge on any atom is 0.270 e. The largest absolute Gasteiger partial charge is 0.323 e. The van der Waals surface area contributed by atoms with Gasteiger partial charge < -0.3 is 5.84 Å². The normalized spacial score (nSPS) is 17.9. The Morgan fingerprint density at radius 2 is 1.92 bits per heavy atom. The number of halogens is 1. The number of anilines is 1. The Kier molecular flexibility index (Phi) is 4.74. The molecule has 6 nitrogen and oxygen atoms in total. The summed E-state index contributed by atoms with van der Waals surface area (Å²) in [5.41, 5.74) is 4.88. The number of nitrogens with two attached hydrogens (primary N) is 1. The summed E-state index contributed by atoms with van der Waals surface area (Å²) in [7, 11) is 0. The molecule has 2 aromatic carbocycles. The number of carbonyl (C=O) groups excluding carboxylic acids is 1. The van der Waals surface area contributed by atoms with Gasteiger partial charge in [-0.25, -0.2) is 9.40 Å². The van der Waals surface area contributed by atoms with Crippen molar-refractivity contribution < 1.29 is 9.18 Å². The van der Waals surface area contributed by atoms with E-state index in [4.69, 9.17) is 5.84 Å². The Morgan fingerprint density at radius 1 is 1.24 bits per heavy atom. The molecule has 0 bridgehead atoms. The van der Waals surface area contributed by atoms with Crippen LogP contribution in [0.4, 0.5) is 10.1 Å². The lowest BCUT2D eigenvalue weighted by molar-refractivity contribution is -0.120. The van der Waals surface area contributed by atoms with Gasteiger partial charge in [0.05, 0.1) is 5.69 Å².